The first-order chi connectivity index (χ1) is 9.70. The molecular weight excluding hydrogens is 334 g/mol. The second kappa shape index (κ2) is 6.00. The zero-order valence-electron chi connectivity index (χ0n) is 11.7. The van der Waals surface area contributed by atoms with Gasteiger partial charge in [-0.25, -0.2) is 0 Å². The molecule has 2 aromatic rings. The van der Waals surface area contributed by atoms with E-state index in [0.717, 1.165) is 23.1 Å². The molecule has 0 spiro atoms. The van der Waals surface area contributed by atoms with E-state index in [9.17, 15) is 0 Å². The van der Waals surface area contributed by atoms with E-state index < -0.39 is 0 Å². The molecule has 1 atom stereocenters. The highest BCUT2D eigenvalue weighted by Crippen LogP contribution is 2.36. The zero-order valence-corrected chi connectivity index (χ0v) is 14.1. The maximum absolute atomic E-state index is 6.52. The van der Waals surface area contributed by atoms with Crippen molar-refractivity contribution in [2.45, 2.75) is 51.6 Å². The van der Waals surface area contributed by atoms with Crippen LogP contribution in [0.3, 0.4) is 0 Å². The molecule has 3 nitrogen and oxygen atoms in total. The van der Waals surface area contributed by atoms with E-state index in [1.54, 1.807) is 4.88 Å². The van der Waals surface area contributed by atoms with E-state index in [-0.39, 0.29) is 6.04 Å². The second-order valence-electron chi connectivity index (χ2n) is 5.38. The molecule has 0 radical (unpaired) electrons. The molecule has 0 aromatic carbocycles. The summed E-state index contributed by atoms with van der Waals surface area (Å²) in [4.78, 5) is 2.81. The molecule has 1 aliphatic rings. The maximum atomic E-state index is 6.52. The average Bonchev–Trinajstić information content (AvgIpc) is 3.02. The van der Waals surface area contributed by atoms with Crippen molar-refractivity contribution in [2.24, 2.45) is 5.73 Å². The molecule has 0 aliphatic heterocycles. The number of nitrogens with zero attached hydrogens (tertiary/aromatic N) is 2. The van der Waals surface area contributed by atoms with Gasteiger partial charge in [-0.2, -0.15) is 5.10 Å². The summed E-state index contributed by atoms with van der Waals surface area (Å²) in [6.45, 7) is 3.08. The fourth-order valence-corrected chi connectivity index (χ4v) is 4.68. The quantitative estimate of drug-likeness (QED) is 0.900. The molecule has 5 heteroatoms. The molecule has 1 unspecified atom stereocenters. The minimum Gasteiger partial charge on any atom is -0.318 e. The molecule has 108 valence electrons. The van der Waals surface area contributed by atoms with Crippen LogP contribution in [0, 0.1) is 0 Å². The van der Waals surface area contributed by atoms with Gasteiger partial charge < -0.3 is 5.73 Å². The number of hydrogen-bond acceptors (Lipinski definition) is 3. The number of nitrogens with two attached hydrogens (primary N) is 1. The van der Waals surface area contributed by atoms with Gasteiger partial charge >= 0.3 is 0 Å². The van der Waals surface area contributed by atoms with Crippen molar-refractivity contribution in [1.82, 2.24) is 9.78 Å². The molecule has 1 aliphatic carbocycles. The Morgan fingerprint density at radius 2 is 2.25 bits per heavy atom. The summed E-state index contributed by atoms with van der Waals surface area (Å²) in [5.41, 5.74) is 9.14. The first-order valence-corrected chi connectivity index (χ1v) is 8.90. The lowest BCUT2D eigenvalue weighted by Gasteiger charge is -2.13. The van der Waals surface area contributed by atoms with Gasteiger partial charge in [0.2, 0.25) is 0 Å². The van der Waals surface area contributed by atoms with Crippen molar-refractivity contribution in [1.29, 1.82) is 0 Å². The SMILES string of the molecule is CCCn1ncc(Br)c1C(N)c1cc2c(s1)CCCC2. The van der Waals surface area contributed by atoms with E-state index in [4.69, 9.17) is 5.73 Å². The second-order valence-corrected chi connectivity index (χ2v) is 7.41. The Morgan fingerprint density at radius 1 is 1.45 bits per heavy atom. The van der Waals surface area contributed by atoms with Gasteiger partial charge in [0, 0.05) is 16.3 Å². The number of fused-ring (bicyclic) bond motifs is 1. The Balaban J connectivity index is 1.94. The third-order valence-corrected chi connectivity index (χ3v) is 5.82. The minimum absolute atomic E-state index is 0.0750. The molecule has 0 amide bonds. The van der Waals surface area contributed by atoms with Crippen LogP contribution in [0.5, 0.6) is 0 Å². The van der Waals surface area contributed by atoms with Gasteiger partial charge in [0.05, 0.1) is 22.4 Å². The Labute approximate surface area is 132 Å². The van der Waals surface area contributed by atoms with Crippen LogP contribution in [0.1, 0.15) is 53.2 Å². The molecule has 2 aromatic heterocycles. The van der Waals surface area contributed by atoms with Crippen LogP contribution in [0.4, 0.5) is 0 Å². The summed E-state index contributed by atoms with van der Waals surface area (Å²) in [7, 11) is 0. The third-order valence-electron chi connectivity index (χ3n) is 3.89. The van der Waals surface area contributed by atoms with E-state index in [2.05, 4.69) is 34.0 Å². The molecule has 0 saturated heterocycles. The molecule has 20 heavy (non-hydrogen) atoms. The summed E-state index contributed by atoms with van der Waals surface area (Å²) >= 11 is 5.49. The minimum atomic E-state index is -0.0750. The predicted octanol–water partition coefficient (Wildman–Crippen LogP) is 4.04. The molecule has 2 N–H and O–H groups in total. The number of aromatic nitrogens is 2. The molecule has 0 bridgehead atoms. The van der Waals surface area contributed by atoms with Crippen molar-refractivity contribution in [3.63, 3.8) is 0 Å². The Hall–Kier alpha value is -0.650. The summed E-state index contributed by atoms with van der Waals surface area (Å²) in [5, 5.41) is 4.43. The topological polar surface area (TPSA) is 43.8 Å². The van der Waals surface area contributed by atoms with Crippen molar-refractivity contribution >= 4 is 27.3 Å². The van der Waals surface area contributed by atoms with Gasteiger partial charge in [-0.3, -0.25) is 4.68 Å². The fraction of sp³-hybridized carbons (Fsp3) is 0.533. The Kier molecular flexibility index (Phi) is 4.29. The van der Waals surface area contributed by atoms with E-state index in [1.807, 2.05) is 22.2 Å². The largest absolute Gasteiger partial charge is 0.318 e. The van der Waals surface area contributed by atoms with Gasteiger partial charge in [0.15, 0.2) is 0 Å². The van der Waals surface area contributed by atoms with E-state index >= 15 is 0 Å². The van der Waals surface area contributed by atoms with Crippen molar-refractivity contribution in [3.8, 4) is 0 Å². The summed E-state index contributed by atoms with van der Waals surface area (Å²) in [6, 6.07) is 2.24. The third kappa shape index (κ3) is 2.59. The lowest BCUT2D eigenvalue weighted by atomic mass is 9.98. The Morgan fingerprint density at radius 3 is 3.00 bits per heavy atom. The summed E-state index contributed by atoms with van der Waals surface area (Å²) < 4.78 is 3.05. The van der Waals surface area contributed by atoms with Crippen LogP contribution in [0.2, 0.25) is 0 Å². The van der Waals surface area contributed by atoms with Crippen LogP contribution in [-0.2, 0) is 19.4 Å². The standard InChI is InChI=1S/C15H20BrN3S/c1-2-7-19-15(11(16)9-18-19)14(17)13-8-10-5-3-4-6-12(10)20-13/h8-9,14H,2-7,17H2,1H3. The zero-order chi connectivity index (χ0) is 14.1. The highest BCUT2D eigenvalue weighted by molar-refractivity contribution is 9.10. The van der Waals surface area contributed by atoms with Crippen LogP contribution in [0.15, 0.2) is 16.7 Å². The smallest absolute Gasteiger partial charge is 0.0828 e. The monoisotopic (exact) mass is 353 g/mol. The van der Waals surface area contributed by atoms with Crippen molar-refractivity contribution in [2.75, 3.05) is 0 Å². The Bertz CT molecular complexity index is 579. The van der Waals surface area contributed by atoms with Crippen LogP contribution in [0.25, 0.3) is 0 Å². The van der Waals surface area contributed by atoms with Crippen LogP contribution >= 0.6 is 27.3 Å². The first kappa shape index (κ1) is 14.3. The van der Waals surface area contributed by atoms with Crippen LogP contribution < -0.4 is 5.73 Å². The number of halogens is 1. The first-order valence-electron chi connectivity index (χ1n) is 7.29. The summed E-state index contributed by atoms with van der Waals surface area (Å²) in [6.07, 6.45) is 8.00. The molecule has 2 heterocycles. The fourth-order valence-electron chi connectivity index (χ4n) is 2.87. The number of hydrogen-bond donors (Lipinski definition) is 1. The average molecular weight is 354 g/mol. The van der Waals surface area contributed by atoms with E-state index in [1.165, 1.54) is 36.1 Å². The van der Waals surface area contributed by atoms with Crippen LogP contribution in [-0.4, -0.2) is 9.78 Å². The number of thiophene rings is 1. The van der Waals surface area contributed by atoms with Gasteiger partial charge in [-0.1, -0.05) is 6.92 Å². The van der Waals surface area contributed by atoms with Gasteiger partial charge in [0.25, 0.3) is 0 Å². The molecule has 0 fully saturated rings. The van der Waals surface area contributed by atoms with Gasteiger partial charge in [0.1, 0.15) is 0 Å². The molecular formula is C15H20BrN3S. The highest BCUT2D eigenvalue weighted by atomic mass is 79.9. The van der Waals surface area contributed by atoms with Gasteiger partial charge in [-0.05, 0) is 59.7 Å². The lowest BCUT2D eigenvalue weighted by molar-refractivity contribution is 0.560. The lowest BCUT2D eigenvalue weighted by Crippen LogP contribution is -2.17. The highest BCUT2D eigenvalue weighted by Gasteiger charge is 2.22. The molecule has 0 saturated carbocycles. The van der Waals surface area contributed by atoms with E-state index in [0.29, 0.717) is 0 Å². The number of aryl methyl sites for hydroxylation is 3. The normalized spacial score (nSPS) is 16.1. The van der Waals surface area contributed by atoms with Crippen molar-refractivity contribution in [3.05, 3.63) is 37.7 Å². The molecule has 3 rings (SSSR count). The maximum Gasteiger partial charge on any atom is 0.0828 e. The van der Waals surface area contributed by atoms with Crippen molar-refractivity contribution < 1.29 is 0 Å². The summed E-state index contributed by atoms with van der Waals surface area (Å²) in [5.74, 6) is 0. The number of rotatable bonds is 4. The predicted molar refractivity (Wildman–Crippen MR) is 87.2 cm³/mol. The van der Waals surface area contributed by atoms with Gasteiger partial charge in [-0.15, -0.1) is 11.3 Å².